The van der Waals surface area contributed by atoms with E-state index in [0.29, 0.717) is 22.7 Å². The van der Waals surface area contributed by atoms with Crippen LogP contribution in [0.2, 0.25) is 5.02 Å². The van der Waals surface area contributed by atoms with Crippen molar-refractivity contribution < 1.29 is 18.0 Å². The molecule has 2 amide bonds. The molecule has 2 aromatic rings. The van der Waals surface area contributed by atoms with Gasteiger partial charge in [-0.1, -0.05) is 48.0 Å². The van der Waals surface area contributed by atoms with E-state index in [4.69, 9.17) is 11.6 Å². The number of rotatable bonds is 10. The number of sulfonamides is 1. The zero-order chi connectivity index (χ0) is 23.9. The highest BCUT2D eigenvalue weighted by Gasteiger charge is 2.26. The van der Waals surface area contributed by atoms with Gasteiger partial charge >= 0.3 is 0 Å². The number of carbonyl (C=O) groups excluding carboxylic acids is 2. The molecule has 1 atom stereocenters. The van der Waals surface area contributed by atoms with Gasteiger partial charge < -0.3 is 10.2 Å². The number of carbonyl (C=O) groups is 2. The van der Waals surface area contributed by atoms with Crippen molar-refractivity contribution in [3.05, 3.63) is 64.7 Å². The van der Waals surface area contributed by atoms with Gasteiger partial charge in [-0.15, -0.1) is 0 Å². The Hall–Kier alpha value is -2.58. The normalized spacial score (nSPS) is 12.2. The molecule has 0 aromatic heterocycles. The summed E-state index contributed by atoms with van der Waals surface area (Å²) in [7, 11) is -2.04. The van der Waals surface area contributed by atoms with Gasteiger partial charge in [-0.25, -0.2) is 8.42 Å². The zero-order valence-corrected chi connectivity index (χ0v) is 20.4. The first-order valence-electron chi connectivity index (χ1n) is 10.3. The molecule has 0 heterocycles. The Bertz CT molecular complexity index is 1040. The Kier molecular flexibility index (Phi) is 9.09. The number of benzene rings is 2. The highest BCUT2D eigenvalue weighted by atomic mass is 35.5. The zero-order valence-electron chi connectivity index (χ0n) is 18.8. The van der Waals surface area contributed by atoms with E-state index < -0.39 is 16.1 Å². The fourth-order valence-electron chi connectivity index (χ4n) is 3.42. The van der Waals surface area contributed by atoms with Crippen LogP contribution in [0.5, 0.6) is 0 Å². The summed E-state index contributed by atoms with van der Waals surface area (Å²) in [5.74, 6) is -0.484. The van der Waals surface area contributed by atoms with Gasteiger partial charge in [0.2, 0.25) is 21.8 Å². The third-order valence-electron chi connectivity index (χ3n) is 5.27. The minimum atomic E-state index is -3.57. The van der Waals surface area contributed by atoms with Crippen molar-refractivity contribution >= 4 is 39.1 Å². The lowest BCUT2D eigenvalue weighted by Crippen LogP contribution is -2.46. The first kappa shape index (κ1) is 25.7. The van der Waals surface area contributed by atoms with Crippen LogP contribution in [0, 0.1) is 6.92 Å². The van der Waals surface area contributed by atoms with Gasteiger partial charge in [-0.05, 0) is 43.5 Å². The van der Waals surface area contributed by atoms with Gasteiger partial charge in [0.05, 0.1) is 11.9 Å². The summed E-state index contributed by atoms with van der Waals surface area (Å²) < 4.78 is 26.1. The summed E-state index contributed by atoms with van der Waals surface area (Å²) in [5, 5.41) is 3.05. The number of anilines is 1. The summed E-state index contributed by atoms with van der Waals surface area (Å²) in [6.45, 7) is 3.85. The SMILES string of the molecule is CNC(=O)[C@@H](C)N(Cc1ccccc1)C(=O)CCCN(c1cccc(Cl)c1C)S(C)(=O)=O. The van der Waals surface area contributed by atoms with Crippen molar-refractivity contribution in [2.45, 2.75) is 39.3 Å². The van der Waals surface area contributed by atoms with Gasteiger partial charge in [0.1, 0.15) is 6.04 Å². The second kappa shape index (κ2) is 11.3. The maximum absolute atomic E-state index is 13.1. The third-order valence-corrected chi connectivity index (χ3v) is 6.86. The smallest absolute Gasteiger partial charge is 0.242 e. The summed E-state index contributed by atoms with van der Waals surface area (Å²) >= 11 is 6.17. The lowest BCUT2D eigenvalue weighted by atomic mass is 10.1. The molecular weight excluding hydrogens is 450 g/mol. The molecule has 9 heteroatoms. The Morgan fingerprint density at radius 3 is 2.34 bits per heavy atom. The molecule has 2 aromatic carbocycles. The molecule has 0 aliphatic heterocycles. The van der Waals surface area contributed by atoms with Gasteiger partial charge in [-0.2, -0.15) is 0 Å². The fraction of sp³-hybridized carbons (Fsp3) is 0.391. The van der Waals surface area contributed by atoms with E-state index in [0.717, 1.165) is 11.8 Å². The molecule has 0 saturated carbocycles. The number of nitrogens with zero attached hydrogens (tertiary/aromatic N) is 2. The average Bonchev–Trinajstić information content (AvgIpc) is 2.76. The summed E-state index contributed by atoms with van der Waals surface area (Å²) in [6.07, 6.45) is 1.52. The maximum Gasteiger partial charge on any atom is 0.242 e. The van der Waals surface area contributed by atoms with Crippen LogP contribution in [0.3, 0.4) is 0 Å². The van der Waals surface area contributed by atoms with E-state index in [1.54, 1.807) is 32.0 Å². The van der Waals surface area contributed by atoms with Crippen LogP contribution < -0.4 is 9.62 Å². The molecule has 174 valence electrons. The van der Waals surface area contributed by atoms with Crippen molar-refractivity contribution in [1.82, 2.24) is 10.2 Å². The summed E-state index contributed by atoms with van der Waals surface area (Å²) in [4.78, 5) is 26.8. The monoisotopic (exact) mass is 479 g/mol. The molecule has 0 bridgehead atoms. The molecule has 0 radical (unpaired) electrons. The Morgan fingerprint density at radius 1 is 1.09 bits per heavy atom. The van der Waals surface area contributed by atoms with E-state index in [9.17, 15) is 18.0 Å². The van der Waals surface area contributed by atoms with E-state index in [-0.39, 0.29) is 31.3 Å². The Labute approximate surface area is 195 Å². The highest BCUT2D eigenvalue weighted by molar-refractivity contribution is 7.92. The molecule has 0 unspecified atom stereocenters. The van der Waals surface area contributed by atoms with Crippen molar-refractivity contribution in [3.63, 3.8) is 0 Å². The van der Waals surface area contributed by atoms with Gasteiger partial charge in [-0.3, -0.25) is 13.9 Å². The first-order valence-corrected chi connectivity index (χ1v) is 12.6. The number of amides is 2. The topological polar surface area (TPSA) is 86.8 Å². The van der Waals surface area contributed by atoms with Gasteiger partial charge in [0, 0.05) is 31.6 Å². The number of hydrogen-bond donors (Lipinski definition) is 1. The molecule has 0 fully saturated rings. The molecule has 7 nitrogen and oxygen atoms in total. The molecule has 0 aliphatic rings. The molecule has 0 saturated heterocycles. The lowest BCUT2D eigenvalue weighted by molar-refractivity contribution is -0.140. The number of nitrogens with one attached hydrogen (secondary N) is 1. The maximum atomic E-state index is 13.1. The van der Waals surface area contributed by atoms with Crippen molar-refractivity contribution in [3.8, 4) is 0 Å². The lowest BCUT2D eigenvalue weighted by Gasteiger charge is -2.29. The van der Waals surface area contributed by atoms with Crippen LogP contribution in [0.1, 0.15) is 30.9 Å². The van der Waals surface area contributed by atoms with Crippen LogP contribution in [-0.4, -0.2) is 51.0 Å². The molecule has 2 rings (SSSR count). The predicted octanol–water partition coefficient (Wildman–Crippen LogP) is 3.36. The van der Waals surface area contributed by atoms with Crippen molar-refractivity contribution in [2.75, 3.05) is 24.2 Å². The first-order chi connectivity index (χ1) is 15.1. The van der Waals surface area contributed by atoms with Gasteiger partial charge in [0.15, 0.2) is 0 Å². The van der Waals surface area contributed by atoms with Gasteiger partial charge in [0.25, 0.3) is 0 Å². The van der Waals surface area contributed by atoms with Crippen LogP contribution >= 0.6 is 11.6 Å². The molecule has 32 heavy (non-hydrogen) atoms. The van der Waals surface area contributed by atoms with E-state index >= 15 is 0 Å². The standard InChI is InChI=1S/C23H30ClN3O4S/c1-17-20(24)12-8-13-21(17)27(32(4,30)31)15-9-14-22(28)26(18(2)23(29)25-3)16-19-10-6-5-7-11-19/h5-8,10-13,18H,9,14-16H2,1-4H3,(H,25,29)/t18-/m1/s1. The van der Waals surface area contributed by atoms with E-state index in [1.165, 1.54) is 16.3 Å². The van der Waals surface area contributed by atoms with E-state index in [2.05, 4.69) is 5.32 Å². The van der Waals surface area contributed by atoms with Crippen LogP contribution in [0.4, 0.5) is 5.69 Å². The number of halogens is 1. The molecule has 0 aliphatic carbocycles. The second-order valence-corrected chi connectivity index (χ2v) is 9.93. The van der Waals surface area contributed by atoms with Crippen LogP contribution in [0.15, 0.2) is 48.5 Å². The summed E-state index contributed by atoms with van der Waals surface area (Å²) in [6, 6.07) is 13.9. The molecule has 1 N–H and O–H groups in total. The van der Waals surface area contributed by atoms with Crippen LogP contribution in [-0.2, 0) is 26.2 Å². The largest absolute Gasteiger partial charge is 0.357 e. The highest BCUT2D eigenvalue weighted by Crippen LogP contribution is 2.28. The second-order valence-electron chi connectivity index (χ2n) is 7.62. The Morgan fingerprint density at radius 2 is 1.75 bits per heavy atom. The molecule has 0 spiro atoms. The van der Waals surface area contributed by atoms with Crippen molar-refractivity contribution in [2.24, 2.45) is 0 Å². The van der Waals surface area contributed by atoms with E-state index in [1.807, 2.05) is 30.3 Å². The molecular formula is C23H30ClN3O4S. The number of likely N-dealkylation sites (N-methyl/N-ethyl adjacent to an activating group) is 1. The average molecular weight is 480 g/mol. The summed E-state index contributed by atoms with van der Waals surface area (Å²) in [5.41, 5.74) is 2.06. The minimum Gasteiger partial charge on any atom is -0.357 e. The quantitative estimate of drug-likeness (QED) is 0.566. The minimum absolute atomic E-state index is 0.0970. The third kappa shape index (κ3) is 6.71. The van der Waals surface area contributed by atoms with Crippen LogP contribution in [0.25, 0.3) is 0 Å². The Balaban J connectivity index is 2.16. The predicted molar refractivity (Wildman–Crippen MR) is 128 cm³/mol. The van der Waals surface area contributed by atoms with Crippen molar-refractivity contribution in [1.29, 1.82) is 0 Å². The number of hydrogen-bond acceptors (Lipinski definition) is 4. The fourth-order valence-corrected chi connectivity index (χ4v) is 4.61.